The molecule has 2 heterocycles. The van der Waals surface area contributed by atoms with Crippen molar-refractivity contribution in [3.63, 3.8) is 0 Å². The lowest BCUT2D eigenvalue weighted by atomic mass is 10.0. The Kier molecular flexibility index (Phi) is 7.32. The molecule has 2 aliphatic heterocycles. The van der Waals surface area contributed by atoms with Crippen molar-refractivity contribution in [2.75, 3.05) is 13.2 Å². The van der Waals surface area contributed by atoms with E-state index in [0.717, 1.165) is 38.7 Å². The highest BCUT2D eigenvalue weighted by Crippen LogP contribution is 2.38. The van der Waals surface area contributed by atoms with Gasteiger partial charge in [0, 0.05) is 6.61 Å². The molecule has 2 saturated heterocycles. The average molecular weight is 322 g/mol. The van der Waals surface area contributed by atoms with Gasteiger partial charge < -0.3 is 14.2 Å². The van der Waals surface area contributed by atoms with Gasteiger partial charge in [-0.2, -0.15) is 0 Å². The fraction of sp³-hybridized carbons (Fsp3) is 0.800. The summed E-state index contributed by atoms with van der Waals surface area (Å²) in [5.41, 5.74) is 3.01. The molecule has 0 aromatic rings. The summed E-state index contributed by atoms with van der Waals surface area (Å²) in [5, 5.41) is 0. The van der Waals surface area contributed by atoms with Gasteiger partial charge >= 0.3 is 0 Å². The van der Waals surface area contributed by atoms with Gasteiger partial charge in [0.2, 0.25) is 0 Å². The normalized spacial score (nSPS) is 28.0. The van der Waals surface area contributed by atoms with E-state index in [0.29, 0.717) is 12.7 Å². The third-order valence-corrected chi connectivity index (χ3v) is 4.85. The fourth-order valence-corrected chi connectivity index (χ4v) is 2.99. The highest BCUT2D eigenvalue weighted by Gasteiger charge is 2.46. The SMILES string of the molecule is C/C(=C/COC1CCCCO1)CC/C=C(/C)CCC1OC1(C)C. The predicted molar refractivity (Wildman–Crippen MR) is 94.5 cm³/mol. The highest BCUT2D eigenvalue weighted by atomic mass is 16.7. The summed E-state index contributed by atoms with van der Waals surface area (Å²) in [6.45, 7) is 10.3. The van der Waals surface area contributed by atoms with Crippen molar-refractivity contribution in [2.45, 2.75) is 90.6 Å². The number of rotatable bonds is 9. The van der Waals surface area contributed by atoms with E-state index in [1.165, 1.54) is 24.0 Å². The van der Waals surface area contributed by atoms with Gasteiger partial charge in [-0.3, -0.25) is 0 Å². The summed E-state index contributed by atoms with van der Waals surface area (Å²) in [7, 11) is 0. The molecule has 0 aromatic carbocycles. The van der Waals surface area contributed by atoms with Crippen molar-refractivity contribution in [2.24, 2.45) is 0 Å². The zero-order chi connectivity index (χ0) is 16.7. The molecule has 2 fully saturated rings. The van der Waals surface area contributed by atoms with Crippen LogP contribution in [0.3, 0.4) is 0 Å². The summed E-state index contributed by atoms with van der Waals surface area (Å²) in [6, 6.07) is 0. The molecular weight excluding hydrogens is 288 g/mol. The summed E-state index contributed by atoms with van der Waals surface area (Å²) < 4.78 is 16.9. The van der Waals surface area contributed by atoms with Crippen molar-refractivity contribution in [1.29, 1.82) is 0 Å². The molecule has 2 rings (SSSR count). The maximum Gasteiger partial charge on any atom is 0.157 e. The molecule has 0 aliphatic carbocycles. The molecule has 0 aromatic heterocycles. The van der Waals surface area contributed by atoms with Crippen LogP contribution >= 0.6 is 0 Å². The van der Waals surface area contributed by atoms with Crippen LogP contribution in [0.15, 0.2) is 23.3 Å². The molecule has 0 N–H and O–H groups in total. The smallest absolute Gasteiger partial charge is 0.157 e. The monoisotopic (exact) mass is 322 g/mol. The lowest BCUT2D eigenvalue weighted by Gasteiger charge is -2.22. The third-order valence-electron chi connectivity index (χ3n) is 4.85. The summed E-state index contributed by atoms with van der Waals surface area (Å²) in [5.74, 6) is 0. The van der Waals surface area contributed by atoms with Crippen LogP contribution in [0.4, 0.5) is 0 Å². The van der Waals surface area contributed by atoms with E-state index in [4.69, 9.17) is 14.2 Å². The first-order chi connectivity index (χ1) is 11.0. The first-order valence-corrected chi connectivity index (χ1v) is 9.19. The Morgan fingerprint density at radius 2 is 1.87 bits per heavy atom. The second-order valence-corrected chi connectivity index (χ2v) is 7.52. The molecule has 2 aliphatic rings. The van der Waals surface area contributed by atoms with Crippen LogP contribution in [0, 0.1) is 0 Å². The van der Waals surface area contributed by atoms with Crippen LogP contribution in [0.5, 0.6) is 0 Å². The van der Waals surface area contributed by atoms with Crippen molar-refractivity contribution in [3.8, 4) is 0 Å². The Labute approximate surface area is 142 Å². The fourth-order valence-electron chi connectivity index (χ4n) is 2.99. The van der Waals surface area contributed by atoms with Gasteiger partial charge in [0.1, 0.15) is 0 Å². The Balaban J connectivity index is 1.54. The average Bonchev–Trinajstić information content (AvgIpc) is 3.13. The van der Waals surface area contributed by atoms with Gasteiger partial charge in [-0.15, -0.1) is 0 Å². The van der Waals surface area contributed by atoms with E-state index >= 15 is 0 Å². The third kappa shape index (κ3) is 7.19. The minimum Gasteiger partial charge on any atom is -0.367 e. The highest BCUT2D eigenvalue weighted by molar-refractivity contribution is 5.05. The van der Waals surface area contributed by atoms with Gasteiger partial charge in [-0.25, -0.2) is 0 Å². The van der Waals surface area contributed by atoms with Crippen LogP contribution < -0.4 is 0 Å². The number of epoxide rings is 1. The van der Waals surface area contributed by atoms with E-state index in [1.54, 1.807) is 0 Å². The maximum atomic E-state index is 5.74. The second-order valence-electron chi connectivity index (χ2n) is 7.52. The Morgan fingerprint density at radius 1 is 1.13 bits per heavy atom. The van der Waals surface area contributed by atoms with Crippen molar-refractivity contribution >= 4 is 0 Å². The molecule has 0 radical (unpaired) electrons. The molecule has 2 atom stereocenters. The molecule has 0 bridgehead atoms. The quantitative estimate of drug-likeness (QED) is 0.434. The lowest BCUT2D eigenvalue weighted by Crippen LogP contribution is -2.22. The van der Waals surface area contributed by atoms with Gasteiger partial charge in [0.15, 0.2) is 6.29 Å². The van der Waals surface area contributed by atoms with Gasteiger partial charge in [0.05, 0.1) is 18.3 Å². The van der Waals surface area contributed by atoms with E-state index in [1.807, 2.05) is 0 Å². The van der Waals surface area contributed by atoms with Crippen molar-refractivity contribution in [1.82, 2.24) is 0 Å². The van der Waals surface area contributed by atoms with E-state index in [-0.39, 0.29) is 11.9 Å². The topological polar surface area (TPSA) is 31.0 Å². The van der Waals surface area contributed by atoms with Crippen molar-refractivity contribution in [3.05, 3.63) is 23.3 Å². The summed E-state index contributed by atoms with van der Waals surface area (Å²) in [6.07, 6.45) is 13.0. The number of ether oxygens (including phenoxy) is 3. The maximum absolute atomic E-state index is 5.74. The Morgan fingerprint density at radius 3 is 2.52 bits per heavy atom. The largest absolute Gasteiger partial charge is 0.367 e. The minimum absolute atomic E-state index is 0.0174. The van der Waals surface area contributed by atoms with Crippen LogP contribution in [-0.4, -0.2) is 31.2 Å². The molecule has 23 heavy (non-hydrogen) atoms. The molecule has 0 spiro atoms. The zero-order valence-corrected chi connectivity index (χ0v) is 15.4. The number of hydrogen-bond donors (Lipinski definition) is 0. The van der Waals surface area contributed by atoms with Crippen molar-refractivity contribution < 1.29 is 14.2 Å². The first kappa shape index (κ1) is 18.7. The van der Waals surface area contributed by atoms with Crippen LogP contribution in [-0.2, 0) is 14.2 Å². The summed E-state index contributed by atoms with van der Waals surface area (Å²) >= 11 is 0. The van der Waals surface area contributed by atoms with E-state index < -0.39 is 0 Å². The molecule has 2 unspecified atom stereocenters. The first-order valence-electron chi connectivity index (χ1n) is 9.19. The van der Waals surface area contributed by atoms with Crippen LogP contribution in [0.1, 0.15) is 72.6 Å². The standard InChI is InChI=1S/C20H34O3/c1-16(11-12-18-20(3,4)23-18)8-7-9-17(2)13-15-22-19-10-5-6-14-21-19/h8,13,18-19H,5-7,9-12,14-15H2,1-4H3/b16-8-,17-13-. The number of allylic oxidation sites excluding steroid dienone is 3. The minimum atomic E-state index is 0.0174. The molecule has 3 heteroatoms. The zero-order valence-electron chi connectivity index (χ0n) is 15.4. The van der Waals surface area contributed by atoms with Gasteiger partial charge in [-0.1, -0.05) is 23.3 Å². The van der Waals surface area contributed by atoms with Crippen LogP contribution in [0.2, 0.25) is 0 Å². The van der Waals surface area contributed by atoms with Gasteiger partial charge in [0.25, 0.3) is 0 Å². The molecule has 0 saturated carbocycles. The molecular formula is C20H34O3. The van der Waals surface area contributed by atoms with Gasteiger partial charge in [-0.05, 0) is 72.6 Å². The molecule has 0 amide bonds. The molecule has 3 nitrogen and oxygen atoms in total. The predicted octanol–water partition coefficient (Wildman–Crippen LogP) is 5.16. The Bertz CT molecular complexity index is 417. The van der Waals surface area contributed by atoms with E-state index in [9.17, 15) is 0 Å². The lowest BCUT2D eigenvalue weighted by molar-refractivity contribution is -0.155. The van der Waals surface area contributed by atoms with E-state index in [2.05, 4.69) is 39.8 Å². The molecule has 132 valence electrons. The number of hydrogen-bond acceptors (Lipinski definition) is 3. The summed E-state index contributed by atoms with van der Waals surface area (Å²) in [4.78, 5) is 0. The Hall–Kier alpha value is -0.640. The second kappa shape index (κ2) is 9.00. The van der Waals surface area contributed by atoms with Crippen LogP contribution in [0.25, 0.3) is 0 Å².